The van der Waals surface area contributed by atoms with E-state index >= 15 is 0 Å². The summed E-state index contributed by atoms with van der Waals surface area (Å²) in [5.41, 5.74) is 2.32. The molecule has 3 aromatic heterocycles. The molecular formula is C22H25N9O8S3. The quantitative estimate of drug-likeness (QED) is 0.0413. The van der Waals surface area contributed by atoms with Crippen LogP contribution in [0.25, 0.3) is 16.9 Å². The number of carbonyl (C=O) groups is 2. The van der Waals surface area contributed by atoms with Gasteiger partial charge in [0.1, 0.15) is 6.61 Å². The maximum atomic E-state index is 11.9. The zero-order valence-corrected chi connectivity index (χ0v) is 24.3. The average Bonchev–Trinajstić information content (AvgIpc) is 3.64. The van der Waals surface area contributed by atoms with Crippen molar-refractivity contribution in [3.8, 4) is 11.3 Å². The highest BCUT2D eigenvalue weighted by Crippen LogP contribution is 2.37. The molecule has 0 aliphatic rings. The summed E-state index contributed by atoms with van der Waals surface area (Å²) in [7, 11) is -4.10. The number of nitrogens with one attached hydrogen (secondary N) is 2. The molecule has 1 amide bonds. The normalized spacial score (nSPS) is 12.7. The Bertz CT molecular complexity index is 1700. The second-order valence-electron chi connectivity index (χ2n) is 8.76. The van der Waals surface area contributed by atoms with Crippen LogP contribution in [0.15, 0.2) is 38.8 Å². The number of aromatic nitrogens is 6. The SMILES string of the molecule is CC(CNC(=O)CCC(=O)O)c1nc2c(N=Nc3nnc(SCCS(=O)(=O)O)s3)c(-c3ccccc3COO)[nH]n2n1. The van der Waals surface area contributed by atoms with E-state index in [1.807, 2.05) is 0 Å². The number of hydrogen-bond donors (Lipinski definition) is 5. The van der Waals surface area contributed by atoms with Gasteiger partial charge in [0.2, 0.25) is 11.6 Å². The molecule has 0 fully saturated rings. The Labute approximate surface area is 246 Å². The van der Waals surface area contributed by atoms with Crippen LogP contribution >= 0.6 is 23.1 Å². The molecule has 17 nitrogen and oxygen atoms in total. The molecular weight excluding hydrogens is 614 g/mol. The number of azo groups is 1. The Balaban J connectivity index is 1.61. The van der Waals surface area contributed by atoms with Gasteiger partial charge in [0.05, 0.1) is 17.9 Å². The highest BCUT2D eigenvalue weighted by atomic mass is 32.2. The molecule has 42 heavy (non-hydrogen) atoms. The second kappa shape index (κ2) is 13.9. The van der Waals surface area contributed by atoms with Crippen molar-refractivity contribution in [2.75, 3.05) is 18.1 Å². The van der Waals surface area contributed by atoms with Gasteiger partial charge in [0.25, 0.3) is 15.2 Å². The van der Waals surface area contributed by atoms with E-state index in [1.165, 1.54) is 4.63 Å². The zero-order chi connectivity index (χ0) is 30.3. The number of fused-ring (bicyclic) bond motifs is 1. The predicted octanol–water partition coefficient (Wildman–Crippen LogP) is 3.05. The molecule has 1 aromatic carbocycles. The van der Waals surface area contributed by atoms with Crippen LogP contribution < -0.4 is 5.32 Å². The lowest BCUT2D eigenvalue weighted by atomic mass is 10.0. The number of nitrogens with zero attached hydrogens (tertiary/aromatic N) is 7. The van der Waals surface area contributed by atoms with Crippen molar-refractivity contribution in [3.63, 3.8) is 0 Å². The van der Waals surface area contributed by atoms with E-state index in [0.717, 1.165) is 23.1 Å². The van der Waals surface area contributed by atoms with Crippen molar-refractivity contribution in [3.05, 3.63) is 35.7 Å². The number of rotatable bonds is 15. The van der Waals surface area contributed by atoms with Gasteiger partial charge in [-0.2, -0.15) is 13.0 Å². The summed E-state index contributed by atoms with van der Waals surface area (Å²) < 4.78 is 32.6. The number of amides is 1. The first-order chi connectivity index (χ1) is 20.0. The number of thioether (sulfide) groups is 1. The van der Waals surface area contributed by atoms with Crippen molar-refractivity contribution >= 4 is 61.6 Å². The number of hydrogen-bond acceptors (Lipinski definition) is 14. The fourth-order valence-electron chi connectivity index (χ4n) is 3.58. The molecule has 4 rings (SSSR count). The van der Waals surface area contributed by atoms with Crippen molar-refractivity contribution < 1.29 is 37.8 Å². The standard InChI is InChI=1S/C22H25N9O8S3/c1-12(10-23-15(32)6-7-16(33)34)19-24-20-18(25-26-21-27-28-22(41-21)40-8-9-42(36,37)38)17(29-31(20)30-19)14-5-3-2-4-13(14)11-39-35/h2-5,12,29,35H,6-11H2,1H3,(H,23,32)(H,33,34)(H,36,37,38). The van der Waals surface area contributed by atoms with E-state index in [4.69, 9.17) is 14.9 Å². The lowest BCUT2D eigenvalue weighted by molar-refractivity contribution is -0.252. The first-order valence-corrected chi connectivity index (χ1v) is 15.6. The molecule has 224 valence electrons. The second-order valence-corrected chi connectivity index (χ2v) is 12.6. The minimum absolute atomic E-state index is 0.0810. The molecule has 20 heteroatoms. The summed E-state index contributed by atoms with van der Waals surface area (Å²) in [6, 6.07) is 7.10. The maximum Gasteiger partial charge on any atom is 0.303 e. The van der Waals surface area contributed by atoms with Gasteiger partial charge in [0.15, 0.2) is 15.9 Å². The number of benzene rings is 1. The Hall–Kier alpha value is -3.82. The Morgan fingerprint density at radius 3 is 2.76 bits per heavy atom. The van der Waals surface area contributed by atoms with Gasteiger partial charge >= 0.3 is 5.97 Å². The number of carboxylic acids is 1. The van der Waals surface area contributed by atoms with Crippen LogP contribution in [0.5, 0.6) is 0 Å². The molecule has 5 N–H and O–H groups in total. The summed E-state index contributed by atoms with van der Waals surface area (Å²) in [6.07, 6.45) is -0.415. The van der Waals surface area contributed by atoms with Crippen LogP contribution in [-0.4, -0.2) is 83.3 Å². The van der Waals surface area contributed by atoms with Crippen LogP contribution in [0.2, 0.25) is 0 Å². The topological polar surface area (TPSA) is 247 Å². The molecule has 1 unspecified atom stereocenters. The molecule has 4 aromatic rings. The van der Waals surface area contributed by atoms with E-state index in [1.54, 1.807) is 31.2 Å². The highest BCUT2D eigenvalue weighted by Gasteiger charge is 2.22. The van der Waals surface area contributed by atoms with Gasteiger partial charge in [-0.05, 0) is 5.56 Å². The Kier molecular flexibility index (Phi) is 10.3. The van der Waals surface area contributed by atoms with E-state index < -0.39 is 27.7 Å². The van der Waals surface area contributed by atoms with Crippen LogP contribution in [0.3, 0.4) is 0 Å². The number of aliphatic carboxylic acids is 1. The summed E-state index contributed by atoms with van der Waals surface area (Å²) in [5, 5.41) is 44.7. The number of carbonyl (C=O) groups excluding carboxylic acids is 1. The molecule has 0 spiro atoms. The third-order valence-electron chi connectivity index (χ3n) is 5.61. The average molecular weight is 640 g/mol. The lowest BCUT2D eigenvalue weighted by Crippen LogP contribution is -2.28. The third kappa shape index (κ3) is 8.36. The van der Waals surface area contributed by atoms with E-state index in [-0.39, 0.29) is 48.5 Å². The van der Waals surface area contributed by atoms with Crippen LogP contribution in [0.4, 0.5) is 10.8 Å². The summed E-state index contributed by atoms with van der Waals surface area (Å²) in [4.78, 5) is 31.6. The molecule has 0 radical (unpaired) electrons. The van der Waals surface area contributed by atoms with Gasteiger partial charge in [0, 0.05) is 30.2 Å². The van der Waals surface area contributed by atoms with Crippen LogP contribution in [-0.2, 0) is 31.2 Å². The van der Waals surface area contributed by atoms with Gasteiger partial charge in [-0.3, -0.25) is 24.5 Å². The number of carboxylic acid groups (broad SMARTS) is 1. The fraction of sp³-hybridized carbons (Fsp3) is 0.364. The summed E-state index contributed by atoms with van der Waals surface area (Å²) >= 11 is 2.16. The van der Waals surface area contributed by atoms with Gasteiger partial charge < -0.3 is 10.4 Å². The smallest absolute Gasteiger partial charge is 0.303 e. The summed E-state index contributed by atoms with van der Waals surface area (Å²) in [5.74, 6) is -1.77. The molecule has 3 heterocycles. The number of aromatic amines is 1. The van der Waals surface area contributed by atoms with Crippen LogP contribution in [0, 0.1) is 0 Å². The molecule has 1 atom stereocenters. The van der Waals surface area contributed by atoms with Crippen LogP contribution in [0.1, 0.15) is 37.1 Å². The Morgan fingerprint density at radius 2 is 2.02 bits per heavy atom. The van der Waals surface area contributed by atoms with E-state index in [9.17, 15) is 18.0 Å². The molecule has 0 bridgehead atoms. The zero-order valence-electron chi connectivity index (χ0n) is 21.9. The molecule has 0 aliphatic heterocycles. The molecule has 0 aliphatic carbocycles. The lowest BCUT2D eigenvalue weighted by Gasteiger charge is -2.09. The number of H-pyrrole nitrogens is 1. The van der Waals surface area contributed by atoms with Crippen molar-refractivity contribution in [2.45, 2.75) is 36.6 Å². The first kappa shape index (κ1) is 31.1. The molecule has 0 saturated heterocycles. The van der Waals surface area contributed by atoms with E-state index in [0.29, 0.717) is 32.6 Å². The monoisotopic (exact) mass is 639 g/mol. The minimum Gasteiger partial charge on any atom is -0.481 e. The highest BCUT2D eigenvalue weighted by molar-refractivity contribution is 8.01. The maximum absolute atomic E-state index is 11.9. The van der Waals surface area contributed by atoms with Gasteiger partial charge in [-0.15, -0.1) is 25.5 Å². The largest absolute Gasteiger partial charge is 0.481 e. The first-order valence-electron chi connectivity index (χ1n) is 12.2. The predicted molar refractivity (Wildman–Crippen MR) is 150 cm³/mol. The van der Waals surface area contributed by atoms with E-state index in [2.05, 4.69) is 45.8 Å². The minimum atomic E-state index is -4.10. The Morgan fingerprint density at radius 1 is 1.24 bits per heavy atom. The van der Waals surface area contributed by atoms with Crippen molar-refractivity contribution in [1.29, 1.82) is 0 Å². The fourth-order valence-corrected chi connectivity index (χ4v) is 6.14. The van der Waals surface area contributed by atoms with Crippen molar-refractivity contribution in [1.82, 2.24) is 35.3 Å². The van der Waals surface area contributed by atoms with Crippen molar-refractivity contribution in [2.24, 2.45) is 10.2 Å². The van der Waals surface area contributed by atoms with Gasteiger partial charge in [-0.1, -0.05) is 54.3 Å². The third-order valence-corrected chi connectivity index (χ3v) is 8.53. The summed E-state index contributed by atoms with van der Waals surface area (Å²) in [6.45, 7) is 1.87. The molecule has 0 saturated carbocycles. The van der Waals surface area contributed by atoms with Gasteiger partial charge in [-0.25, -0.2) is 9.87 Å².